The fraction of sp³-hybridized carbons (Fsp3) is 0.690. The van der Waals surface area contributed by atoms with Gasteiger partial charge in [-0.1, -0.05) is 58.0 Å². The van der Waals surface area contributed by atoms with Crippen LogP contribution in [0.1, 0.15) is 73.3 Å². The maximum Gasteiger partial charge on any atom is 0.407 e. The van der Waals surface area contributed by atoms with Crippen molar-refractivity contribution in [1.82, 2.24) is 20.9 Å². The summed E-state index contributed by atoms with van der Waals surface area (Å²) >= 11 is 0. The molecule has 9 nitrogen and oxygen atoms in total. The van der Waals surface area contributed by atoms with E-state index in [9.17, 15) is 19.5 Å². The molecule has 1 aromatic rings. The summed E-state index contributed by atoms with van der Waals surface area (Å²) in [6, 6.07) is 7.79. The minimum absolute atomic E-state index is 0.115. The highest BCUT2D eigenvalue weighted by atomic mass is 16.6. The number of hydrogen-bond donors (Lipinski definition) is 4. The molecular weight excluding hydrogens is 484 g/mol. The van der Waals surface area contributed by atoms with E-state index in [4.69, 9.17) is 4.74 Å². The van der Waals surface area contributed by atoms with Gasteiger partial charge in [-0.3, -0.25) is 4.79 Å². The van der Waals surface area contributed by atoms with Crippen LogP contribution >= 0.6 is 0 Å². The van der Waals surface area contributed by atoms with Crippen molar-refractivity contribution >= 4 is 18.0 Å². The summed E-state index contributed by atoms with van der Waals surface area (Å²) in [6.45, 7) is 14.4. The van der Waals surface area contributed by atoms with E-state index in [1.807, 2.05) is 44.2 Å². The van der Waals surface area contributed by atoms with E-state index in [1.165, 1.54) is 0 Å². The zero-order chi connectivity index (χ0) is 28.5. The van der Waals surface area contributed by atoms with E-state index in [0.717, 1.165) is 12.0 Å². The number of urea groups is 1. The number of nitrogens with zero attached hydrogens (tertiary/aromatic N) is 1. The van der Waals surface area contributed by atoms with Crippen LogP contribution in [0.5, 0.6) is 0 Å². The standard InChI is InChI=1S/C29H48N4O5/c1-19(2)16-22(31-28(37)38-29(5,6)7)18-24(34)23(17-21-12-9-8-10-13-21)32-26(35)25(20(3)4)33-15-11-14-30-27(33)36/h8-10,12-13,19-20,22-25,34H,11,14-18H2,1-7H3,(H,30,36)(H,31,37)(H,32,35)/t22-,23-,24-,25?/m0/s1. The highest BCUT2D eigenvalue weighted by molar-refractivity contribution is 5.87. The van der Waals surface area contributed by atoms with Gasteiger partial charge in [-0.25, -0.2) is 9.59 Å². The van der Waals surface area contributed by atoms with Crippen molar-refractivity contribution in [2.45, 2.75) is 104 Å². The number of aliphatic hydroxyl groups is 1. The van der Waals surface area contributed by atoms with Gasteiger partial charge in [-0.05, 0) is 63.9 Å². The van der Waals surface area contributed by atoms with E-state index in [0.29, 0.717) is 25.9 Å². The van der Waals surface area contributed by atoms with E-state index in [1.54, 1.807) is 25.7 Å². The third-order valence-corrected chi connectivity index (χ3v) is 6.44. The van der Waals surface area contributed by atoms with Crippen LogP contribution in [0.2, 0.25) is 0 Å². The second-order valence-corrected chi connectivity index (χ2v) is 12.0. The number of hydrogen-bond acceptors (Lipinski definition) is 5. The van der Waals surface area contributed by atoms with E-state index >= 15 is 0 Å². The Labute approximate surface area is 228 Å². The topological polar surface area (TPSA) is 120 Å². The molecule has 214 valence electrons. The maximum atomic E-state index is 13.6. The zero-order valence-corrected chi connectivity index (χ0v) is 24.1. The van der Waals surface area contributed by atoms with Crippen molar-refractivity contribution in [3.05, 3.63) is 35.9 Å². The minimum atomic E-state index is -0.944. The summed E-state index contributed by atoms with van der Waals surface area (Å²) in [5.74, 6) is -0.138. The number of alkyl carbamates (subject to hydrolysis) is 1. The largest absolute Gasteiger partial charge is 0.444 e. The van der Waals surface area contributed by atoms with Crippen LogP contribution in [-0.2, 0) is 16.0 Å². The molecule has 1 unspecified atom stereocenters. The highest BCUT2D eigenvalue weighted by Gasteiger charge is 2.36. The Morgan fingerprint density at radius 1 is 1.08 bits per heavy atom. The first-order valence-electron chi connectivity index (χ1n) is 13.8. The molecule has 1 fully saturated rings. The second-order valence-electron chi connectivity index (χ2n) is 12.0. The molecule has 0 aromatic heterocycles. The third-order valence-electron chi connectivity index (χ3n) is 6.44. The Bertz CT molecular complexity index is 900. The SMILES string of the molecule is CC(C)C[C@@H](C[C@H](O)[C@H](Cc1ccccc1)NC(=O)C(C(C)C)N1CCCNC1=O)NC(=O)OC(C)(C)C. The number of aliphatic hydroxyl groups excluding tert-OH is 1. The van der Waals surface area contributed by atoms with Gasteiger partial charge in [-0.2, -0.15) is 0 Å². The Hall–Kier alpha value is -2.81. The summed E-state index contributed by atoms with van der Waals surface area (Å²) < 4.78 is 5.44. The average Bonchev–Trinajstić information content (AvgIpc) is 2.78. The first kappa shape index (κ1) is 31.4. The quantitative estimate of drug-likeness (QED) is 0.326. The van der Waals surface area contributed by atoms with E-state index < -0.39 is 29.9 Å². The molecule has 1 aliphatic rings. The number of amides is 4. The van der Waals surface area contributed by atoms with Crippen molar-refractivity contribution in [3.63, 3.8) is 0 Å². The molecule has 1 aliphatic heterocycles. The van der Waals surface area contributed by atoms with Crippen molar-refractivity contribution in [2.24, 2.45) is 11.8 Å². The number of rotatable bonds is 12. The molecule has 1 aromatic carbocycles. The molecule has 1 heterocycles. The van der Waals surface area contributed by atoms with Crippen LogP contribution in [0.15, 0.2) is 30.3 Å². The Morgan fingerprint density at radius 3 is 2.29 bits per heavy atom. The summed E-state index contributed by atoms with van der Waals surface area (Å²) in [4.78, 5) is 40.2. The van der Waals surface area contributed by atoms with Crippen LogP contribution in [-0.4, -0.2) is 71.0 Å². The van der Waals surface area contributed by atoms with Crippen LogP contribution in [0.4, 0.5) is 9.59 Å². The fourth-order valence-electron chi connectivity index (χ4n) is 4.85. The monoisotopic (exact) mass is 532 g/mol. The predicted molar refractivity (Wildman–Crippen MR) is 149 cm³/mol. The van der Waals surface area contributed by atoms with Gasteiger partial charge in [0.05, 0.1) is 12.1 Å². The molecule has 4 atom stereocenters. The van der Waals surface area contributed by atoms with Crippen LogP contribution in [0.3, 0.4) is 0 Å². The molecule has 4 amide bonds. The molecule has 0 aliphatic carbocycles. The first-order chi connectivity index (χ1) is 17.8. The molecule has 0 saturated carbocycles. The number of ether oxygens (including phenoxy) is 1. The molecule has 2 rings (SSSR count). The normalized spacial score (nSPS) is 17.4. The molecule has 38 heavy (non-hydrogen) atoms. The van der Waals surface area contributed by atoms with Crippen molar-refractivity contribution < 1.29 is 24.2 Å². The average molecular weight is 533 g/mol. The number of carbonyl (C=O) groups is 3. The van der Waals surface area contributed by atoms with Gasteiger partial charge in [0.1, 0.15) is 11.6 Å². The lowest BCUT2D eigenvalue weighted by molar-refractivity contribution is -0.128. The van der Waals surface area contributed by atoms with Gasteiger partial charge in [0.2, 0.25) is 5.91 Å². The second kappa shape index (κ2) is 14.4. The third kappa shape index (κ3) is 10.5. The minimum Gasteiger partial charge on any atom is -0.444 e. The van der Waals surface area contributed by atoms with E-state index in [2.05, 4.69) is 29.8 Å². The fourth-order valence-corrected chi connectivity index (χ4v) is 4.85. The number of benzene rings is 1. The number of carbonyl (C=O) groups excluding carboxylic acids is 3. The Morgan fingerprint density at radius 2 is 1.74 bits per heavy atom. The predicted octanol–water partition coefficient (Wildman–Crippen LogP) is 3.84. The van der Waals surface area contributed by atoms with E-state index in [-0.39, 0.29) is 36.2 Å². The molecule has 1 saturated heterocycles. The Balaban J connectivity index is 2.24. The van der Waals surface area contributed by atoms with Crippen LogP contribution in [0.25, 0.3) is 0 Å². The van der Waals surface area contributed by atoms with Crippen molar-refractivity contribution in [1.29, 1.82) is 0 Å². The summed E-state index contributed by atoms with van der Waals surface area (Å²) in [5.41, 5.74) is 0.329. The van der Waals surface area contributed by atoms with Crippen molar-refractivity contribution in [2.75, 3.05) is 13.1 Å². The Kier molecular flexibility index (Phi) is 11.9. The van der Waals surface area contributed by atoms with Gasteiger partial charge in [0.15, 0.2) is 0 Å². The molecule has 0 bridgehead atoms. The number of nitrogens with one attached hydrogen (secondary N) is 3. The van der Waals surface area contributed by atoms with Gasteiger partial charge in [0.25, 0.3) is 0 Å². The molecule has 9 heteroatoms. The molecule has 0 radical (unpaired) electrons. The smallest absolute Gasteiger partial charge is 0.407 e. The highest BCUT2D eigenvalue weighted by Crippen LogP contribution is 2.19. The summed E-state index contributed by atoms with van der Waals surface area (Å²) in [5, 5.41) is 20.2. The zero-order valence-electron chi connectivity index (χ0n) is 24.1. The molecule has 4 N–H and O–H groups in total. The summed E-state index contributed by atoms with van der Waals surface area (Å²) in [6.07, 6.45) is 0.587. The maximum absolute atomic E-state index is 13.6. The lowest BCUT2D eigenvalue weighted by Crippen LogP contribution is -2.60. The van der Waals surface area contributed by atoms with Gasteiger partial charge >= 0.3 is 12.1 Å². The molecule has 0 spiro atoms. The molecular formula is C29H48N4O5. The summed E-state index contributed by atoms with van der Waals surface area (Å²) in [7, 11) is 0. The van der Waals surface area contributed by atoms with Gasteiger partial charge < -0.3 is 30.7 Å². The lowest BCUT2D eigenvalue weighted by Gasteiger charge is -2.37. The van der Waals surface area contributed by atoms with Crippen LogP contribution in [0, 0.1) is 11.8 Å². The lowest BCUT2D eigenvalue weighted by atomic mass is 9.92. The van der Waals surface area contributed by atoms with Crippen LogP contribution < -0.4 is 16.0 Å². The van der Waals surface area contributed by atoms with Crippen molar-refractivity contribution in [3.8, 4) is 0 Å². The van der Waals surface area contributed by atoms with Gasteiger partial charge in [0, 0.05) is 19.1 Å². The first-order valence-corrected chi connectivity index (χ1v) is 13.8. The van der Waals surface area contributed by atoms with Gasteiger partial charge in [-0.15, -0.1) is 0 Å².